The minimum Gasteiger partial charge on any atom is -0.305 e. The van der Waals surface area contributed by atoms with E-state index in [1.54, 1.807) is 12.1 Å². The van der Waals surface area contributed by atoms with Crippen molar-refractivity contribution in [3.05, 3.63) is 62.9 Å². The van der Waals surface area contributed by atoms with Gasteiger partial charge in [-0.3, -0.25) is 4.79 Å². The second kappa shape index (κ2) is 7.16. The number of hydrogen-bond donors (Lipinski definition) is 0. The van der Waals surface area contributed by atoms with E-state index in [0.29, 0.717) is 16.9 Å². The molecule has 0 saturated heterocycles. The van der Waals surface area contributed by atoms with Crippen LogP contribution in [0.2, 0.25) is 0 Å². The summed E-state index contributed by atoms with van der Waals surface area (Å²) in [6, 6.07) is 13.4. The molecule has 3 nitrogen and oxygen atoms in total. The second-order valence-electron chi connectivity index (χ2n) is 5.25. The summed E-state index contributed by atoms with van der Waals surface area (Å²) in [5, 5.41) is 0. The summed E-state index contributed by atoms with van der Waals surface area (Å²) in [5.41, 5.74) is 2.82. The van der Waals surface area contributed by atoms with Crippen LogP contribution < -0.4 is 4.80 Å². The number of carbonyl (C=O) groups is 1. The van der Waals surface area contributed by atoms with Gasteiger partial charge in [0.2, 0.25) is 0 Å². The molecule has 2 aromatic carbocycles. The van der Waals surface area contributed by atoms with Crippen LogP contribution in [-0.4, -0.2) is 10.5 Å². The van der Waals surface area contributed by atoms with Gasteiger partial charge in [0.1, 0.15) is 0 Å². The van der Waals surface area contributed by atoms with Gasteiger partial charge in [-0.2, -0.15) is 4.99 Å². The first kappa shape index (κ1) is 16.7. The van der Waals surface area contributed by atoms with Gasteiger partial charge in [0, 0.05) is 10.0 Å². The zero-order chi connectivity index (χ0) is 17.1. The molecule has 0 bridgehead atoms. The number of carbonyl (C=O) groups excluding carboxylic acids is 1. The van der Waals surface area contributed by atoms with Crippen LogP contribution in [0.5, 0.6) is 0 Å². The maximum Gasteiger partial charge on any atom is 0.279 e. The smallest absolute Gasteiger partial charge is 0.279 e. The molecule has 0 atom stereocenters. The number of benzene rings is 2. The Kier molecular flexibility index (Phi) is 4.98. The average molecular weight is 399 g/mol. The Labute approximate surface area is 152 Å². The van der Waals surface area contributed by atoms with Crippen LogP contribution in [0.4, 0.5) is 0 Å². The molecule has 1 heterocycles. The fourth-order valence-corrected chi connectivity index (χ4v) is 3.77. The van der Waals surface area contributed by atoms with Crippen molar-refractivity contribution >= 4 is 43.4 Å². The highest BCUT2D eigenvalue weighted by Crippen LogP contribution is 2.20. The molecule has 0 spiro atoms. The Morgan fingerprint density at radius 3 is 2.71 bits per heavy atom. The molecule has 0 unspecified atom stereocenters. The number of rotatable bonds is 3. The number of aryl methyl sites for hydroxylation is 1. The van der Waals surface area contributed by atoms with E-state index in [1.165, 1.54) is 16.9 Å². The number of nitrogens with zero attached hydrogens (tertiary/aromatic N) is 2. The van der Waals surface area contributed by atoms with Crippen LogP contribution in [-0.2, 0) is 13.0 Å². The maximum absolute atomic E-state index is 12.4. The molecule has 5 heteroatoms. The van der Waals surface area contributed by atoms with Crippen LogP contribution in [0, 0.1) is 12.3 Å². The number of amides is 1. The summed E-state index contributed by atoms with van der Waals surface area (Å²) < 4.78 is 3.93. The average Bonchev–Trinajstić information content (AvgIpc) is 2.92. The lowest BCUT2D eigenvalue weighted by Gasteiger charge is -2.01. The summed E-state index contributed by atoms with van der Waals surface area (Å²) in [6.45, 7) is 2.50. The molecule has 24 heavy (non-hydrogen) atoms. The second-order valence-corrected chi connectivity index (χ2v) is 7.18. The third-order valence-corrected chi connectivity index (χ3v) is 5.26. The Morgan fingerprint density at radius 1 is 1.29 bits per heavy atom. The monoisotopic (exact) mass is 398 g/mol. The lowest BCUT2D eigenvalue weighted by Crippen LogP contribution is -2.16. The SMILES string of the molecule is C#CCn1c(=NC(=O)c2ccc(Br)cc2)sc2cc(CC)ccc21. The molecule has 3 rings (SSSR count). The van der Waals surface area contributed by atoms with E-state index >= 15 is 0 Å². The molecule has 0 N–H and O–H groups in total. The maximum atomic E-state index is 12.4. The summed E-state index contributed by atoms with van der Waals surface area (Å²) in [7, 11) is 0. The fraction of sp³-hybridized carbons (Fsp3) is 0.158. The standard InChI is InChI=1S/C19H15BrN2OS/c1-3-11-22-16-10-5-13(4-2)12-17(16)24-19(22)21-18(23)14-6-8-15(20)9-7-14/h1,5-10,12H,4,11H2,2H3. The predicted octanol–water partition coefficient (Wildman–Crippen LogP) is 4.40. The topological polar surface area (TPSA) is 34.4 Å². The van der Waals surface area contributed by atoms with E-state index < -0.39 is 0 Å². The van der Waals surface area contributed by atoms with Crippen LogP contribution >= 0.6 is 27.3 Å². The number of halogens is 1. The summed E-state index contributed by atoms with van der Waals surface area (Å²) in [6.07, 6.45) is 6.46. The van der Waals surface area contributed by atoms with E-state index in [0.717, 1.165) is 21.1 Å². The number of aromatic nitrogens is 1. The minimum atomic E-state index is -0.268. The van der Waals surface area contributed by atoms with Crippen LogP contribution in [0.1, 0.15) is 22.8 Å². The van der Waals surface area contributed by atoms with Gasteiger partial charge in [0.25, 0.3) is 5.91 Å². The Morgan fingerprint density at radius 2 is 2.04 bits per heavy atom. The molecule has 0 aliphatic rings. The van der Waals surface area contributed by atoms with Crippen molar-refractivity contribution < 1.29 is 4.79 Å². The van der Waals surface area contributed by atoms with Crippen LogP contribution in [0.15, 0.2) is 51.9 Å². The molecule has 0 fully saturated rings. The van der Waals surface area contributed by atoms with Crippen LogP contribution in [0.25, 0.3) is 10.2 Å². The first-order valence-electron chi connectivity index (χ1n) is 7.52. The molecule has 0 radical (unpaired) electrons. The van der Waals surface area contributed by atoms with Gasteiger partial charge in [-0.05, 0) is 48.4 Å². The Hall–Kier alpha value is -2.16. The zero-order valence-electron chi connectivity index (χ0n) is 13.1. The highest BCUT2D eigenvalue weighted by molar-refractivity contribution is 9.10. The van der Waals surface area contributed by atoms with Crippen molar-refractivity contribution in [3.63, 3.8) is 0 Å². The predicted molar refractivity (Wildman–Crippen MR) is 102 cm³/mol. The number of terminal acetylenes is 1. The van der Waals surface area contributed by atoms with E-state index in [9.17, 15) is 4.79 Å². The zero-order valence-corrected chi connectivity index (χ0v) is 15.5. The molecule has 0 aliphatic carbocycles. The summed E-state index contributed by atoms with van der Waals surface area (Å²) in [5.74, 6) is 2.38. The van der Waals surface area contributed by atoms with Crippen LogP contribution in [0.3, 0.4) is 0 Å². The minimum absolute atomic E-state index is 0.268. The highest BCUT2D eigenvalue weighted by Gasteiger charge is 2.09. The van der Waals surface area contributed by atoms with Gasteiger partial charge in [-0.25, -0.2) is 0 Å². The molecule has 120 valence electrons. The molecule has 1 amide bonds. The third kappa shape index (κ3) is 3.35. The quantitative estimate of drug-likeness (QED) is 0.601. The lowest BCUT2D eigenvalue weighted by molar-refractivity contribution is 0.0998. The normalized spacial score (nSPS) is 11.6. The molecule has 0 saturated carbocycles. The van der Waals surface area contributed by atoms with Crippen molar-refractivity contribution in [1.82, 2.24) is 4.57 Å². The van der Waals surface area contributed by atoms with Crippen molar-refractivity contribution in [1.29, 1.82) is 0 Å². The Balaban J connectivity index is 2.13. The molecule has 3 aromatic rings. The van der Waals surface area contributed by atoms with E-state index in [2.05, 4.69) is 45.9 Å². The van der Waals surface area contributed by atoms with E-state index in [-0.39, 0.29) is 5.91 Å². The first-order valence-corrected chi connectivity index (χ1v) is 9.13. The largest absolute Gasteiger partial charge is 0.305 e. The molecule has 0 aliphatic heterocycles. The van der Waals surface area contributed by atoms with Gasteiger partial charge in [0.05, 0.1) is 16.8 Å². The van der Waals surface area contributed by atoms with Gasteiger partial charge >= 0.3 is 0 Å². The van der Waals surface area contributed by atoms with E-state index in [1.807, 2.05) is 22.8 Å². The Bertz CT molecular complexity index is 1010. The molecule has 1 aromatic heterocycles. The van der Waals surface area contributed by atoms with Gasteiger partial charge in [-0.15, -0.1) is 6.42 Å². The van der Waals surface area contributed by atoms with Gasteiger partial charge in [0.15, 0.2) is 4.80 Å². The van der Waals surface area contributed by atoms with Crippen molar-refractivity contribution in [2.75, 3.05) is 0 Å². The molecular weight excluding hydrogens is 384 g/mol. The summed E-state index contributed by atoms with van der Waals surface area (Å²) in [4.78, 5) is 17.4. The fourth-order valence-electron chi connectivity index (χ4n) is 2.41. The van der Waals surface area contributed by atoms with Gasteiger partial charge < -0.3 is 4.57 Å². The number of thiazole rings is 1. The van der Waals surface area contributed by atoms with Crippen molar-refractivity contribution in [3.8, 4) is 12.3 Å². The van der Waals surface area contributed by atoms with E-state index in [4.69, 9.17) is 6.42 Å². The summed E-state index contributed by atoms with van der Waals surface area (Å²) >= 11 is 4.85. The van der Waals surface area contributed by atoms with Crippen molar-refractivity contribution in [2.45, 2.75) is 19.9 Å². The first-order chi connectivity index (χ1) is 11.6. The number of fused-ring (bicyclic) bond motifs is 1. The number of hydrogen-bond acceptors (Lipinski definition) is 2. The van der Waals surface area contributed by atoms with Gasteiger partial charge in [-0.1, -0.05) is 46.2 Å². The lowest BCUT2D eigenvalue weighted by atomic mass is 10.2. The third-order valence-electron chi connectivity index (χ3n) is 3.69. The van der Waals surface area contributed by atoms with Crippen molar-refractivity contribution in [2.24, 2.45) is 4.99 Å². The highest BCUT2D eigenvalue weighted by atomic mass is 79.9. The molecular formula is C19H15BrN2OS.